The normalized spacial score (nSPS) is 24.1. The van der Waals surface area contributed by atoms with Gasteiger partial charge in [-0.1, -0.05) is 6.92 Å². The van der Waals surface area contributed by atoms with Crippen LogP contribution in [-0.4, -0.2) is 53.0 Å². The highest BCUT2D eigenvalue weighted by Crippen LogP contribution is 2.34. The minimum absolute atomic E-state index is 0.180. The van der Waals surface area contributed by atoms with Gasteiger partial charge in [0.15, 0.2) is 0 Å². The predicted octanol–water partition coefficient (Wildman–Crippen LogP) is 2.56. The van der Waals surface area contributed by atoms with E-state index in [0.29, 0.717) is 0 Å². The van der Waals surface area contributed by atoms with E-state index in [1.54, 1.807) is 11.8 Å². The third-order valence-electron chi connectivity index (χ3n) is 4.49. The number of urea groups is 1. The maximum atomic E-state index is 12.4. The van der Waals surface area contributed by atoms with Crippen molar-refractivity contribution in [3.63, 3.8) is 0 Å². The quantitative estimate of drug-likeness (QED) is 0.742. The summed E-state index contributed by atoms with van der Waals surface area (Å²) in [5, 5.41) is 9.26. The van der Waals surface area contributed by atoms with Gasteiger partial charge in [-0.15, -0.1) is 11.8 Å². The van der Waals surface area contributed by atoms with E-state index in [2.05, 4.69) is 13.0 Å². The zero-order valence-corrected chi connectivity index (χ0v) is 12.7. The number of carbonyl (C=O) groups excluding carboxylic acids is 1. The SMILES string of the molecule is CSC1(C#N)CCN(C(=O)N2CCC(C)CC2)CC1. The summed E-state index contributed by atoms with van der Waals surface area (Å²) in [7, 11) is 0. The molecule has 19 heavy (non-hydrogen) atoms. The molecule has 0 aromatic rings. The van der Waals surface area contributed by atoms with Crippen molar-refractivity contribution < 1.29 is 4.79 Å². The molecule has 2 heterocycles. The number of nitrogens with zero attached hydrogens (tertiary/aromatic N) is 3. The van der Waals surface area contributed by atoms with Crippen LogP contribution in [0.4, 0.5) is 4.79 Å². The lowest BCUT2D eigenvalue weighted by Crippen LogP contribution is -2.51. The molecule has 2 aliphatic rings. The average Bonchev–Trinajstić information content (AvgIpc) is 2.47. The Bertz CT molecular complexity index is 363. The third-order valence-corrected chi connectivity index (χ3v) is 5.77. The van der Waals surface area contributed by atoms with Gasteiger partial charge in [-0.05, 0) is 37.9 Å². The molecule has 0 aromatic heterocycles. The second kappa shape index (κ2) is 6.04. The van der Waals surface area contributed by atoms with Crippen molar-refractivity contribution in [3.05, 3.63) is 0 Å². The first-order valence-electron chi connectivity index (χ1n) is 7.10. The van der Waals surface area contributed by atoms with Gasteiger partial charge in [0.25, 0.3) is 0 Å². The van der Waals surface area contributed by atoms with E-state index in [1.165, 1.54) is 0 Å². The van der Waals surface area contributed by atoms with Gasteiger partial charge in [0.2, 0.25) is 0 Å². The highest BCUT2D eigenvalue weighted by atomic mass is 32.2. The first kappa shape index (κ1) is 14.5. The summed E-state index contributed by atoms with van der Waals surface area (Å²) in [6.07, 6.45) is 5.81. The second-order valence-electron chi connectivity index (χ2n) is 5.75. The molecule has 0 bridgehead atoms. The maximum Gasteiger partial charge on any atom is 0.320 e. The molecule has 5 heteroatoms. The molecule has 0 unspecified atom stereocenters. The molecule has 2 amide bonds. The highest BCUT2D eigenvalue weighted by molar-refractivity contribution is 8.00. The van der Waals surface area contributed by atoms with E-state index >= 15 is 0 Å². The van der Waals surface area contributed by atoms with Crippen LogP contribution in [0.3, 0.4) is 0 Å². The molecule has 0 radical (unpaired) electrons. The Morgan fingerprint density at radius 3 is 2.21 bits per heavy atom. The first-order valence-corrected chi connectivity index (χ1v) is 8.33. The first-order chi connectivity index (χ1) is 9.10. The fourth-order valence-electron chi connectivity index (χ4n) is 2.82. The fraction of sp³-hybridized carbons (Fsp3) is 0.857. The molecule has 0 aliphatic carbocycles. The predicted molar refractivity (Wildman–Crippen MR) is 78.0 cm³/mol. The van der Waals surface area contributed by atoms with Crippen molar-refractivity contribution in [2.75, 3.05) is 32.4 Å². The number of likely N-dealkylation sites (tertiary alicyclic amines) is 2. The van der Waals surface area contributed by atoms with Gasteiger partial charge in [-0.25, -0.2) is 4.79 Å². The van der Waals surface area contributed by atoms with E-state index < -0.39 is 0 Å². The van der Waals surface area contributed by atoms with Gasteiger partial charge in [0.1, 0.15) is 4.75 Å². The molecule has 0 spiro atoms. The number of hydrogen-bond donors (Lipinski definition) is 0. The molecule has 0 atom stereocenters. The van der Waals surface area contributed by atoms with Gasteiger partial charge >= 0.3 is 6.03 Å². The van der Waals surface area contributed by atoms with Crippen molar-refractivity contribution >= 4 is 17.8 Å². The van der Waals surface area contributed by atoms with E-state index in [0.717, 1.165) is 57.8 Å². The van der Waals surface area contributed by atoms with Crippen molar-refractivity contribution in [1.82, 2.24) is 9.80 Å². The number of hydrogen-bond acceptors (Lipinski definition) is 3. The van der Waals surface area contributed by atoms with Gasteiger partial charge in [-0.2, -0.15) is 5.26 Å². The number of piperidine rings is 2. The summed E-state index contributed by atoms with van der Waals surface area (Å²) >= 11 is 1.63. The Hall–Kier alpha value is -0.890. The summed E-state index contributed by atoms with van der Waals surface area (Å²) in [6.45, 7) is 5.48. The highest BCUT2D eigenvalue weighted by Gasteiger charge is 2.36. The Kier molecular flexibility index (Phi) is 4.62. The summed E-state index contributed by atoms with van der Waals surface area (Å²) < 4.78 is -0.271. The molecular formula is C14H23N3OS. The molecule has 2 rings (SSSR count). The zero-order valence-electron chi connectivity index (χ0n) is 11.9. The molecule has 2 saturated heterocycles. The Labute approximate surface area is 120 Å². The summed E-state index contributed by atoms with van der Waals surface area (Å²) in [6, 6.07) is 2.60. The largest absolute Gasteiger partial charge is 0.325 e. The maximum absolute atomic E-state index is 12.4. The van der Waals surface area contributed by atoms with Crippen LogP contribution in [0.5, 0.6) is 0 Å². The van der Waals surface area contributed by atoms with Gasteiger partial charge in [-0.3, -0.25) is 0 Å². The van der Waals surface area contributed by atoms with Crippen LogP contribution in [0.15, 0.2) is 0 Å². The third kappa shape index (κ3) is 3.17. The lowest BCUT2D eigenvalue weighted by Gasteiger charge is -2.40. The molecule has 0 aromatic carbocycles. The molecule has 0 N–H and O–H groups in total. The number of thioether (sulfide) groups is 1. The van der Waals surface area contributed by atoms with E-state index in [-0.39, 0.29) is 10.8 Å². The van der Waals surface area contributed by atoms with E-state index in [9.17, 15) is 10.1 Å². The molecule has 2 fully saturated rings. The summed E-state index contributed by atoms with van der Waals surface area (Å²) in [5.74, 6) is 0.744. The second-order valence-corrected chi connectivity index (χ2v) is 6.94. The number of amides is 2. The number of nitriles is 1. The van der Waals surface area contributed by atoms with Crippen molar-refractivity contribution in [3.8, 4) is 6.07 Å². The van der Waals surface area contributed by atoms with Crippen LogP contribution in [0.2, 0.25) is 0 Å². The van der Waals surface area contributed by atoms with E-state index in [4.69, 9.17) is 0 Å². The molecule has 0 saturated carbocycles. The van der Waals surface area contributed by atoms with Crippen LogP contribution in [-0.2, 0) is 0 Å². The minimum atomic E-state index is -0.271. The van der Waals surface area contributed by atoms with E-state index in [1.807, 2.05) is 16.1 Å². The zero-order chi connectivity index (χ0) is 13.9. The standard InChI is InChI=1S/C14H23N3OS/c1-12-3-7-16(8-4-12)13(18)17-9-5-14(11-15,19-2)6-10-17/h12H,3-10H2,1-2H3. The van der Waals surface area contributed by atoms with Crippen molar-refractivity contribution in [2.24, 2.45) is 5.92 Å². The van der Waals surface area contributed by atoms with Crippen LogP contribution >= 0.6 is 11.8 Å². The Morgan fingerprint density at radius 1 is 1.21 bits per heavy atom. The fourth-order valence-corrected chi connectivity index (χ4v) is 3.50. The van der Waals surface area contributed by atoms with Gasteiger partial charge in [0.05, 0.1) is 6.07 Å². The van der Waals surface area contributed by atoms with Crippen molar-refractivity contribution in [2.45, 2.75) is 37.4 Å². The van der Waals surface area contributed by atoms with Crippen LogP contribution in [0.25, 0.3) is 0 Å². The lowest BCUT2D eigenvalue weighted by molar-refractivity contribution is 0.125. The smallest absolute Gasteiger partial charge is 0.320 e. The average molecular weight is 281 g/mol. The molecule has 2 aliphatic heterocycles. The van der Waals surface area contributed by atoms with Crippen LogP contribution in [0.1, 0.15) is 32.6 Å². The molecule has 106 valence electrons. The minimum Gasteiger partial charge on any atom is -0.325 e. The van der Waals surface area contributed by atoms with Gasteiger partial charge in [0, 0.05) is 26.2 Å². The van der Waals surface area contributed by atoms with Crippen molar-refractivity contribution in [1.29, 1.82) is 5.26 Å². The Balaban J connectivity index is 1.88. The molecule has 4 nitrogen and oxygen atoms in total. The monoisotopic (exact) mass is 281 g/mol. The summed E-state index contributed by atoms with van der Waals surface area (Å²) in [4.78, 5) is 16.3. The number of rotatable bonds is 1. The molecular weight excluding hydrogens is 258 g/mol. The van der Waals surface area contributed by atoms with Gasteiger partial charge < -0.3 is 9.80 Å². The topological polar surface area (TPSA) is 47.3 Å². The van der Waals surface area contributed by atoms with Crippen LogP contribution in [0, 0.1) is 17.2 Å². The lowest BCUT2D eigenvalue weighted by atomic mass is 9.97. The van der Waals surface area contributed by atoms with Crippen LogP contribution < -0.4 is 0 Å². The number of carbonyl (C=O) groups is 1. The Morgan fingerprint density at radius 2 is 1.74 bits per heavy atom. The summed E-state index contributed by atoms with van der Waals surface area (Å²) in [5.41, 5.74) is 0.